The lowest BCUT2D eigenvalue weighted by Gasteiger charge is -2.12. The molecule has 0 saturated carbocycles. The molecule has 2 aromatic carbocycles. The second-order valence-corrected chi connectivity index (χ2v) is 4.35. The molecule has 18 heavy (non-hydrogen) atoms. The SMILES string of the molecule is CC(NC/C=C/c1ccccc1)c1ccccc1. The number of hydrogen-bond acceptors (Lipinski definition) is 1. The van der Waals surface area contributed by atoms with Crippen molar-refractivity contribution in [1.29, 1.82) is 0 Å². The Kier molecular flexibility index (Phi) is 4.74. The summed E-state index contributed by atoms with van der Waals surface area (Å²) in [5.74, 6) is 0. The summed E-state index contributed by atoms with van der Waals surface area (Å²) >= 11 is 0. The molecule has 1 unspecified atom stereocenters. The molecule has 1 heteroatoms. The molecular weight excluding hydrogens is 218 g/mol. The molecule has 0 aliphatic rings. The molecular formula is C17H19N. The van der Waals surface area contributed by atoms with Gasteiger partial charge in [-0.1, -0.05) is 72.8 Å². The van der Waals surface area contributed by atoms with Crippen molar-refractivity contribution >= 4 is 6.08 Å². The molecule has 0 aromatic heterocycles. The van der Waals surface area contributed by atoms with E-state index in [0.29, 0.717) is 6.04 Å². The van der Waals surface area contributed by atoms with Crippen LogP contribution >= 0.6 is 0 Å². The van der Waals surface area contributed by atoms with Crippen molar-refractivity contribution in [2.24, 2.45) is 0 Å². The minimum atomic E-state index is 0.381. The van der Waals surface area contributed by atoms with E-state index in [-0.39, 0.29) is 0 Å². The lowest BCUT2D eigenvalue weighted by molar-refractivity contribution is 0.618. The summed E-state index contributed by atoms with van der Waals surface area (Å²) in [7, 11) is 0. The Labute approximate surface area is 109 Å². The standard InChI is InChI=1S/C17H19N/c1-15(17-12-6-3-7-13-17)18-14-8-11-16-9-4-2-5-10-16/h2-13,15,18H,14H2,1H3/b11-8+. The van der Waals surface area contributed by atoms with E-state index >= 15 is 0 Å². The van der Waals surface area contributed by atoms with E-state index in [9.17, 15) is 0 Å². The number of hydrogen-bond donors (Lipinski definition) is 1. The number of benzene rings is 2. The minimum Gasteiger partial charge on any atom is -0.307 e. The number of rotatable bonds is 5. The predicted molar refractivity (Wildman–Crippen MR) is 78.3 cm³/mol. The Morgan fingerprint density at radius 2 is 1.56 bits per heavy atom. The van der Waals surface area contributed by atoms with E-state index in [2.05, 4.69) is 72.9 Å². The molecule has 2 aromatic rings. The summed E-state index contributed by atoms with van der Waals surface area (Å²) in [5.41, 5.74) is 2.57. The summed E-state index contributed by atoms with van der Waals surface area (Å²) in [4.78, 5) is 0. The molecule has 0 bridgehead atoms. The van der Waals surface area contributed by atoms with Gasteiger partial charge < -0.3 is 5.32 Å². The van der Waals surface area contributed by atoms with Gasteiger partial charge in [-0.25, -0.2) is 0 Å². The maximum absolute atomic E-state index is 3.48. The van der Waals surface area contributed by atoms with Crippen molar-refractivity contribution in [2.45, 2.75) is 13.0 Å². The highest BCUT2D eigenvalue weighted by molar-refractivity contribution is 5.48. The molecule has 0 heterocycles. The second-order valence-electron chi connectivity index (χ2n) is 4.35. The van der Waals surface area contributed by atoms with E-state index in [0.717, 1.165) is 6.54 Å². The zero-order valence-electron chi connectivity index (χ0n) is 10.7. The fraction of sp³-hybridized carbons (Fsp3) is 0.176. The molecule has 0 aliphatic heterocycles. The molecule has 92 valence electrons. The van der Waals surface area contributed by atoms with E-state index in [1.807, 2.05) is 12.1 Å². The molecule has 0 radical (unpaired) electrons. The smallest absolute Gasteiger partial charge is 0.0294 e. The van der Waals surface area contributed by atoms with Crippen LogP contribution in [0.5, 0.6) is 0 Å². The van der Waals surface area contributed by atoms with Crippen LogP contribution in [0.3, 0.4) is 0 Å². The van der Waals surface area contributed by atoms with Crippen LogP contribution in [-0.2, 0) is 0 Å². The fourth-order valence-electron chi connectivity index (χ4n) is 1.86. The third-order valence-corrected chi connectivity index (χ3v) is 2.95. The Balaban J connectivity index is 1.81. The predicted octanol–water partition coefficient (Wildman–Crippen LogP) is 4.05. The van der Waals surface area contributed by atoms with Gasteiger partial charge in [-0.05, 0) is 18.1 Å². The van der Waals surface area contributed by atoms with Crippen LogP contribution in [0.25, 0.3) is 6.08 Å². The molecule has 0 spiro atoms. The normalized spacial score (nSPS) is 12.7. The maximum Gasteiger partial charge on any atom is 0.0294 e. The zero-order valence-corrected chi connectivity index (χ0v) is 10.7. The van der Waals surface area contributed by atoms with Gasteiger partial charge in [-0.3, -0.25) is 0 Å². The molecule has 0 amide bonds. The van der Waals surface area contributed by atoms with Crippen molar-refractivity contribution < 1.29 is 0 Å². The van der Waals surface area contributed by atoms with Gasteiger partial charge in [0.25, 0.3) is 0 Å². The van der Waals surface area contributed by atoms with Crippen LogP contribution in [0.2, 0.25) is 0 Å². The van der Waals surface area contributed by atoms with Crippen molar-refractivity contribution in [3.63, 3.8) is 0 Å². The van der Waals surface area contributed by atoms with Crippen molar-refractivity contribution in [3.8, 4) is 0 Å². The molecule has 0 aliphatic carbocycles. The van der Waals surface area contributed by atoms with Gasteiger partial charge >= 0.3 is 0 Å². The van der Waals surface area contributed by atoms with Gasteiger partial charge in [-0.15, -0.1) is 0 Å². The van der Waals surface area contributed by atoms with Crippen LogP contribution in [0.4, 0.5) is 0 Å². The fourth-order valence-corrected chi connectivity index (χ4v) is 1.86. The van der Waals surface area contributed by atoms with Crippen LogP contribution < -0.4 is 5.32 Å². The molecule has 0 saturated heterocycles. The molecule has 1 nitrogen and oxygen atoms in total. The van der Waals surface area contributed by atoms with Crippen LogP contribution in [0, 0.1) is 0 Å². The lowest BCUT2D eigenvalue weighted by Crippen LogP contribution is -2.18. The largest absolute Gasteiger partial charge is 0.307 e. The maximum atomic E-state index is 3.48. The van der Waals surface area contributed by atoms with E-state index in [4.69, 9.17) is 0 Å². The minimum absolute atomic E-state index is 0.381. The third kappa shape index (κ3) is 3.86. The molecule has 1 N–H and O–H groups in total. The van der Waals surface area contributed by atoms with Crippen LogP contribution in [-0.4, -0.2) is 6.54 Å². The van der Waals surface area contributed by atoms with Crippen LogP contribution in [0.15, 0.2) is 66.7 Å². The van der Waals surface area contributed by atoms with Gasteiger partial charge in [-0.2, -0.15) is 0 Å². The summed E-state index contributed by atoms with van der Waals surface area (Å²) in [6.45, 7) is 3.07. The summed E-state index contributed by atoms with van der Waals surface area (Å²) in [6, 6.07) is 21.2. The topological polar surface area (TPSA) is 12.0 Å². The third-order valence-electron chi connectivity index (χ3n) is 2.95. The Morgan fingerprint density at radius 1 is 0.944 bits per heavy atom. The van der Waals surface area contributed by atoms with Gasteiger partial charge in [0.2, 0.25) is 0 Å². The van der Waals surface area contributed by atoms with Crippen molar-refractivity contribution in [3.05, 3.63) is 77.9 Å². The Morgan fingerprint density at radius 3 is 2.22 bits per heavy atom. The van der Waals surface area contributed by atoms with Crippen LogP contribution in [0.1, 0.15) is 24.1 Å². The van der Waals surface area contributed by atoms with Gasteiger partial charge in [0.1, 0.15) is 0 Å². The van der Waals surface area contributed by atoms with Gasteiger partial charge in [0.05, 0.1) is 0 Å². The molecule has 2 rings (SSSR count). The second kappa shape index (κ2) is 6.77. The van der Waals surface area contributed by atoms with Crippen molar-refractivity contribution in [1.82, 2.24) is 5.32 Å². The first-order chi connectivity index (χ1) is 8.86. The zero-order chi connectivity index (χ0) is 12.6. The molecule has 0 fully saturated rings. The first-order valence-electron chi connectivity index (χ1n) is 6.36. The van der Waals surface area contributed by atoms with E-state index in [1.165, 1.54) is 11.1 Å². The first kappa shape index (κ1) is 12.6. The van der Waals surface area contributed by atoms with Crippen molar-refractivity contribution in [2.75, 3.05) is 6.54 Å². The monoisotopic (exact) mass is 237 g/mol. The highest BCUT2D eigenvalue weighted by Gasteiger charge is 2.00. The quantitative estimate of drug-likeness (QED) is 0.827. The molecule has 1 atom stereocenters. The van der Waals surface area contributed by atoms with Gasteiger partial charge in [0.15, 0.2) is 0 Å². The van der Waals surface area contributed by atoms with Gasteiger partial charge in [0, 0.05) is 12.6 Å². The summed E-state index contributed by atoms with van der Waals surface area (Å²) in [5, 5.41) is 3.48. The average Bonchev–Trinajstić information content (AvgIpc) is 2.45. The number of nitrogens with one attached hydrogen (secondary N) is 1. The highest BCUT2D eigenvalue weighted by Crippen LogP contribution is 2.10. The average molecular weight is 237 g/mol. The summed E-state index contributed by atoms with van der Waals surface area (Å²) in [6.07, 6.45) is 4.31. The lowest BCUT2D eigenvalue weighted by atomic mass is 10.1. The van der Waals surface area contributed by atoms with E-state index < -0.39 is 0 Å². The summed E-state index contributed by atoms with van der Waals surface area (Å²) < 4.78 is 0. The first-order valence-corrected chi connectivity index (χ1v) is 6.36. The Bertz CT molecular complexity index is 473. The van der Waals surface area contributed by atoms with E-state index in [1.54, 1.807) is 0 Å². The Hall–Kier alpha value is -1.86. The highest BCUT2D eigenvalue weighted by atomic mass is 14.9.